The van der Waals surface area contributed by atoms with Crippen molar-refractivity contribution in [1.29, 1.82) is 0 Å². The third-order valence-corrected chi connectivity index (χ3v) is 2.39. The van der Waals surface area contributed by atoms with E-state index in [1.165, 1.54) is 0 Å². The lowest BCUT2D eigenvalue weighted by atomic mass is 10.1. The second-order valence-corrected chi connectivity index (χ2v) is 3.44. The molecule has 0 bridgehead atoms. The first-order chi connectivity index (χ1) is 8.25. The fraction of sp³-hybridized carbons (Fsp3) is 0. The monoisotopic (exact) mass is 226 g/mol. The number of fused-ring (bicyclic) bond motifs is 1. The number of imidazole rings is 1. The van der Waals surface area contributed by atoms with E-state index in [-0.39, 0.29) is 0 Å². The van der Waals surface area contributed by atoms with Crippen molar-refractivity contribution in [3.63, 3.8) is 0 Å². The summed E-state index contributed by atoms with van der Waals surface area (Å²) in [5.74, 6) is -1.10. The summed E-state index contributed by atoms with van der Waals surface area (Å²) in [7, 11) is 0. The Morgan fingerprint density at radius 1 is 1.06 bits per heavy atom. The Balaban J connectivity index is 2.39. The number of rotatable bonds is 1. The third-order valence-electron chi connectivity index (χ3n) is 2.39. The maximum atomic E-state index is 11.2. The van der Waals surface area contributed by atoms with E-state index in [0.717, 1.165) is 0 Å². The number of carbonyl (C=O) groups is 2. The minimum atomic E-state index is -0.850. The van der Waals surface area contributed by atoms with E-state index in [2.05, 4.69) is 20.0 Å². The Kier molecular flexibility index (Phi) is 1.94. The molecule has 0 saturated heterocycles. The van der Waals surface area contributed by atoms with Gasteiger partial charge >= 0.3 is 11.8 Å². The molecule has 1 N–H and O–H groups in total. The first-order valence-corrected chi connectivity index (χ1v) is 4.90. The van der Waals surface area contributed by atoms with Crippen molar-refractivity contribution >= 4 is 11.8 Å². The molecule has 17 heavy (non-hydrogen) atoms. The van der Waals surface area contributed by atoms with Crippen molar-refractivity contribution in [2.45, 2.75) is 0 Å². The Bertz CT molecular complexity index is 731. The van der Waals surface area contributed by atoms with Crippen LogP contribution >= 0.6 is 0 Å². The summed E-state index contributed by atoms with van der Waals surface area (Å²) < 4.78 is 0. The molecule has 1 aliphatic rings. The van der Waals surface area contributed by atoms with Gasteiger partial charge < -0.3 is 4.98 Å². The van der Waals surface area contributed by atoms with E-state index in [9.17, 15) is 9.59 Å². The second kappa shape index (κ2) is 3.44. The molecule has 82 valence electrons. The van der Waals surface area contributed by atoms with Gasteiger partial charge in [-0.05, 0) is 12.1 Å². The SMILES string of the molecule is O=C1N=c2cccc(-c3ncc[nH]3)c2=NC1=O. The molecule has 0 aliphatic carbocycles. The van der Waals surface area contributed by atoms with Gasteiger partial charge in [0.05, 0.1) is 5.36 Å². The lowest BCUT2D eigenvalue weighted by molar-refractivity contribution is -0.135. The normalized spacial score (nSPS) is 13.9. The highest BCUT2D eigenvalue weighted by Gasteiger charge is 2.17. The molecule has 0 spiro atoms. The first kappa shape index (κ1) is 9.59. The van der Waals surface area contributed by atoms with Crippen LogP contribution in [0.3, 0.4) is 0 Å². The number of para-hydroxylation sites is 1. The lowest BCUT2D eigenvalue weighted by Gasteiger charge is -2.01. The molecule has 6 nitrogen and oxygen atoms in total. The number of aromatic nitrogens is 2. The highest BCUT2D eigenvalue weighted by Crippen LogP contribution is 2.07. The van der Waals surface area contributed by atoms with Gasteiger partial charge in [-0.2, -0.15) is 0 Å². The highest BCUT2D eigenvalue weighted by atomic mass is 16.2. The predicted molar refractivity (Wildman–Crippen MR) is 56.3 cm³/mol. The van der Waals surface area contributed by atoms with Gasteiger partial charge in [0.2, 0.25) is 0 Å². The first-order valence-electron chi connectivity index (χ1n) is 4.90. The average Bonchev–Trinajstić information content (AvgIpc) is 2.83. The van der Waals surface area contributed by atoms with Crippen LogP contribution in [0, 0.1) is 0 Å². The van der Waals surface area contributed by atoms with Gasteiger partial charge in [0.1, 0.15) is 11.2 Å². The summed E-state index contributed by atoms with van der Waals surface area (Å²) in [6.45, 7) is 0. The number of hydrogen-bond acceptors (Lipinski definition) is 3. The zero-order valence-corrected chi connectivity index (χ0v) is 8.54. The molecular weight excluding hydrogens is 220 g/mol. The van der Waals surface area contributed by atoms with E-state index in [1.807, 2.05) is 0 Å². The van der Waals surface area contributed by atoms with Crippen LogP contribution in [0.2, 0.25) is 0 Å². The standard InChI is InChI=1S/C11H6N4O2/c16-10-11(17)15-8-6(9-12-4-5-13-9)2-1-3-7(8)14-10/h1-5H,(H,12,13). The van der Waals surface area contributed by atoms with Crippen LogP contribution in [-0.2, 0) is 9.59 Å². The maximum absolute atomic E-state index is 11.2. The summed E-state index contributed by atoms with van der Waals surface area (Å²) in [5, 5.41) is 0.774. The molecule has 1 aromatic carbocycles. The fourth-order valence-electron chi connectivity index (χ4n) is 1.65. The Hall–Kier alpha value is -2.63. The average molecular weight is 226 g/mol. The van der Waals surface area contributed by atoms with Crippen LogP contribution in [0.25, 0.3) is 11.4 Å². The Morgan fingerprint density at radius 3 is 2.65 bits per heavy atom. The maximum Gasteiger partial charge on any atom is 0.338 e. The van der Waals surface area contributed by atoms with Gasteiger partial charge in [-0.1, -0.05) is 6.07 Å². The van der Waals surface area contributed by atoms with Crippen molar-refractivity contribution in [1.82, 2.24) is 9.97 Å². The van der Waals surface area contributed by atoms with Gasteiger partial charge in [0, 0.05) is 18.0 Å². The molecule has 0 fully saturated rings. The molecule has 2 heterocycles. The zero-order chi connectivity index (χ0) is 11.8. The van der Waals surface area contributed by atoms with Crippen LogP contribution in [-0.4, -0.2) is 21.8 Å². The number of nitrogens with zero attached hydrogens (tertiary/aromatic N) is 3. The van der Waals surface area contributed by atoms with Gasteiger partial charge in [-0.3, -0.25) is 9.59 Å². The fourth-order valence-corrected chi connectivity index (χ4v) is 1.65. The van der Waals surface area contributed by atoms with Gasteiger partial charge in [-0.25, -0.2) is 15.0 Å². The number of carbonyl (C=O) groups excluding carboxylic acids is 2. The van der Waals surface area contributed by atoms with Crippen molar-refractivity contribution < 1.29 is 9.59 Å². The zero-order valence-electron chi connectivity index (χ0n) is 8.54. The second-order valence-electron chi connectivity index (χ2n) is 3.44. The highest BCUT2D eigenvalue weighted by molar-refractivity contribution is 6.36. The molecule has 0 saturated carbocycles. The quantitative estimate of drug-likeness (QED) is 0.657. The van der Waals surface area contributed by atoms with E-state index in [0.29, 0.717) is 22.1 Å². The third kappa shape index (κ3) is 1.46. The Morgan fingerprint density at radius 2 is 1.88 bits per heavy atom. The van der Waals surface area contributed by atoms with Crippen LogP contribution < -0.4 is 10.7 Å². The Labute approximate surface area is 94.8 Å². The molecule has 6 heteroatoms. The van der Waals surface area contributed by atoms with Crippen molar-refractivity contribution in [3.8, 4) is 11.4 Å². The molecule has 0 unspecified atom stereocenters. The number of nitrogens with one attached hydrogen (secondary N) is 1. The number of amides is 2. The van der Waals surface area contributed by atoms with Crippen molar-refractivity contribution in [2.24, 2.45) is 9.98 Å². The summed E-state index contributed by atoms with van der Waals surface area (Å²) in [6, 6.07) is 5.13. The number of hydrogen-bond donors (Lipinski definition) is 1. The van der Waals surface area contributed by atoms with Crippen molar-refractivity contribution in [2.75, 3.05) is 0 Å². The van der Waals surface area contributed by atoms with Crippen LogP contribution in [0.4, 0.5) is 0 Å². The van der Waals surface area contributed by atoms with E-state index in [4.69, 9.17) is 0 Å². The van der Waals surface area contributed by atoms with E-state index >= 15 is 0 Å². The summed E-state index contributed by atoms with van der Waals surface area (Å²) in [5.41, 5.74) is 0.650. The van der Waals surface area contributed by atoms with Gasteiger partial charge in [0.25, 0.3) is 0 Å². The topological polar surface area (TPSA) is 87.5 Å². The molecule has 2 amide bonds. The molecule has 3 rings (SSSR count). The molecule has 2 aromatic rings. The minimum Gasteiger partial charge on any atom is -0.345 e. The van der Waals surface area contributed by atoms with Crippen molar-refractivity contribution in [3.05, 3.63) is 41.3 Å². The van der Waals surface area contributed by atoms with Crippen LogP contribution in [0.1, 0.15) is 0 Å². The largest absolute Gasteiger partial charge is 0.345 e. The van der Waals surface area contributed by atoms with Gasteiger partial charge in [0.15, 0.2) is 0 Å². The number of H-pyrrole nitrogens is 1. The lowest BCUT2D eigenvalue weighted by Crippen LogP contribution is -2.35. The summed E-state index contributed by atoms with van der Waals surface area (Å²) in [4.78, 5) is 36.8. The van der Waals surface area contributed by atoms with Gasteiger partial charge in [-0.15, -0.1) is 0 Å². The smallest absolute Gasteiger partial charge is 0.338 e. The number of benzene rings is 1. The predicted octanol–water partition coefficient (Wildman–Crippen LogP) is -0.617. The molecule has 0 radical (unpaired) electrons. The van der Waals surface area contributed by atoms with E-state index in [1.54, 1.807) is 30.6 Å². The molecular formula is C11H6N4O2. The van der Waals surface area contributed by atoms with Crippen LogP contribution in [0.15, 0.2) is 40.6 Å². The summed E-state index contributed by atoms with van der Waals surface area (Å²) >= 11 is 0. The molecule has 0 atom stereocenters. The molecule has 1 aliphatic heterocycles. The number of aromatic amines is 1. The minimum absolute atomic E-state index is 0.382. The molecule has 1 aromatic heterocycles. The summed E-state index contributed by atoms with van der Waals surface area (Å²) in [6.07, 6.45) is 3.27. The van der Waals surface area contributed by atoms with Crippen LogP contribution in [0.5, 0.6) is 0 Å². The van der Waals surface area contributed by atoms with E-state index < -0.39 is 11.8 Å².